The zero-order valence-electron chi connectivity index (χ0n) is 7.49. The highest BCUT2D eigenvalue weighted by molar-refractivity contribution is 7.98. The van der Waals surface area contributed by atoms with Crippen LogP contribution in [0.1, 0.15) is 21.6 Å². The van der Waals surface area contributed by atoms with Crippen molar-refractivity contribution >= 4 is 23.4 Å². The standard InChI is InChI=1S/C9H10N2O2S/c10-8-5-1-2-14-4-7(5)11-3-6(8)9(12)13/h3H,1-2,4H2,(H2,10,11)(H,12,13). The molecular formula is C9H10N2O2S. The van der Waals surface area contributed by atoms with Gasteiger partial charge in [-0.15, -0.1) is 0 Å². The number of nitrogens with two attached hydrogens (primary N) is 1. The summed E-state index contributed by atoms with van der Waals surface area (Å²) >= 11 is 1.80. The Kier molecular flexibility index (Phi) is 2.33. The Morgan fingerprint density at radius 2 is 2.43 bits per heavy atom. The van der Waals surface area contributed by atoms with Crippen LogP contribution in [0.2, 0.25) is 0 Å². The van der Waals surface area contributed by atoms with E-state index in [4.69, 9.17) is 10.8 Å². The second-order valence-corrected chi connectivity index (χ2v) is 4.22. The quantitative estimate of drug-likeness (QED) is 0.727. The van der Waals surface area contributed by atoms with Gasteiger partial charge in [0.25, 0.3) is 0 Å². The molecule has 5 heteroatoms. The van der Waals surface area contributed by atoms with Crippen LogP contribution >= 0.6 is 11.8 Å². The molecule has 2 heterocycles. The van der Waals surface area contributed by atoms with Crippen LogP contribution in [0, 0.1) is 0 Å². The van der Waals surface area contributed by atoms with Crippen molar-refractivity contribution < 1.29 is 9.90 Å². The molecule has 14 heavy (non-hydrogen) atoms. The van der Waals surface area contributed by atoms with Crippen LogP contribution < -0.4 is 5.73 Å². The van der Waals surface area contributed by atoms with Crippen molar-refractivity contribution in [2.75, 3.05) is 11.5 Å². The summed E-state index contributed by atoms with van der Waals surface area (Å²) in [7, 11) is 0. The van der Waals surface area contributed by atoms with Gasteiger partial charge in [0.05, 0.1) is 11.4 Å². The normalized spacial score (nSPS) is 14.9. The van der Waals surface area contributed by atoms with Gasteiger partial charge in [0.1, 0.15) is 5.56 Å². The van der Waals surface area contributed by atoms with Crippen molar-refractivity contribution in [2.45, 2.75) is 12.2 Å². The zero-order valence-corrected chi connectivity index (χ0v) is 8.30. The number of carboxylic acid groups (broad SMARTS) is 1. The van der Waals surface area contributed by atoms with Crippen molar-refractivity contribution in [1.82, 2.24) is 4.98 Å². The van der Waals surface area contributed by atoms with Crippen LogP contribution in [-0.4, -0.2) is 21.8 Å². The van der Waals surface area contributed by atoms with Crippen LogP contribution in [-0.2, 0) is 12.2 Å². The number of pyridine rings is 1. The smallest absolute Gasteiger partial charge is 0.339 e. The molecule has 0 radical (unpaired) electrons. The summed E-state index contributed by atoms with van der Waals surface area (Å²) in [5, 5.41) is 8.84. The minimum Gasteiger partial charge on any atom is -0.478 e. The van der Waals surface area contributed by atoms with Gasteiger partial charge < -0.3 is 10.8 Å². The highest BCUT2D eigenvalue weighted by atomic mass is 32.2. The summed E-state index contributed by atoms with van der Waals surface area (Å²) < 4.78 is 0. The van der Waals surface area contributed by atoms with E-state index in [1.165, 1.54) is 6.20 Å². The van der Waals surface area contributed by atoms with Gasteiger partial charge in [-0.2, -0.15) is 11.8 Å². The number of anilines is 1. The van der Waals surface area contributed by atoms with E-state index in [0.717, 1.165) is 29.2 Å². The molecule has 0 saturated heterocycles. The molecule has 0 fully saturated rings. The highest BCUT2D eigenvalue weighted by Gasteiger charge is 2.18. The third kappa shape index (κ3) is 1.43. The average Bonchev–Trinajstić information content (AvgIpc) is 2.18. The molecule has 0 aliphatic carbocycles. The molecule has 0 saturated carbocycles. The molecule has 1 aromatic rings. The molecule has 0 aromatic carbocycles. The van der Waals surface area contributed by atoms with Gasteiger partial charge in [-0.25, -0.2) is 4.79 Å². The fourth-order valence-electron chi connectivity index (χ4n) is 1.52. The predicted octanol–water partition coefficient (Wildman–Crippen LogP) is 1.15. The number of nitrogens with zero attached hydrogens (tertiary/aromatic N) is 1. The molecule has 0 spiro atoms. The molecule has 2 rings (SSSR count). The lowest BCUT2D eigenvalue weighted by molar-refractivity contribution is 0.0697. The molecular weight excluding hydrogens is 200 g/mol. The predicted molar refractivity (Wildman–Crippen MR) is 55.5 cm³/mol. The number of carbonyl (C=O) groups is 1. The van der Waals surface area contributed by atoms with Crippen molar-refractivity contribution in [3.05, 3.63) is 23.0 Å². The van der Waals surface area contributed by atoms with E-state index in [1.54, 1.807) is 11.8 Å². The maximum absolute atomic E-state index is 10.8. The Morgan fingerprint density at radius 1 is 1.64 bits per heavy atom. The second kappa shape index (κ2) is 3.49. The fraction of sp³-hybridized carbons (Fsp3) is 0.333. The lowest BCUT2D eigenvalue weighted by Crippen LogP contribution is -2.13. The third-order valence-corrected chi connectivity index (χ3v) is 3.25. The first-order chi connectivity index (χ1) is 6.70. The van der Waals surface area contributed by atoms with Gasteiger partial charge in [0, 0.05) is 11.9 Å². The number of thioether (sulfide) groups is 1. The summed E-state index contributed by atoms with van der Waals surface area (Å²) in [6, 6.07) is 0. The van der Waals surface area contributed by atoms with Crippen LogP contribution in [0.25, 0.3) is 0 Å². The third-order valence-electron chi connectivity index (χ3n) is 2.28. The van der Waals surface area contributed by atoms with Crippen molar-refractivity contribution in [1.29, 1.82) is 0 Å². The monoisotopic (exact) mass is 210 g/mol. The summed E-state index contributed by atoms with van der Waals surface area (Å²) in [4.78, 5) is 14.9. The first-order valence-electron chi connectivity index (χ1n) is 4.27. The molecule has 0 bridgehead atoms. The molecule has 3 N–H and O–H groups in total. The largest absolute Gasteiger partial charge is 0.478 e. The van der Waals surface area contributed by atoms with Gasteiger partial charge in [0.2, 0.25) is 0 Å². The number of hydrogen-bond acceptors (Lipinski definition) is 4. The average molecular weight is 210 g/mol. The van der Waals surface area contributed by atoms with Crippen LogP contribution in [0.5, 0.6) is 0 Å². The van der Waals surface area contributed by atoms with E-state index in [0.29, 0.717) is 5.69 Å². The first-order valence-corrected chi connectivity index (χ1v) is 5.43. The van der Waals surface area contributed by atoms with Crippen LogP contribution in [0.15, 0.2) is 6.20 Å². The fourth-order valence-corrected chi connectivity index (χ4v) is 2.46. The summed E-state index contributed by atoms with van der Waals surface area (Å²) in [6.45, 7) is 0. The summed E-state index contributed by atoms with van der Waals surface area (Å²) in [6.07, 6.45) is 2.17. The number of carboxylic acids is 1. The van der Waals surface area contributed by atoms with Gasteiger partial charge in [-0.3, -0.25) is 4.98 Å². The van der Waals surface area contributed by atoms with E-state index >= 15 is 0 Å². The SMILES string of the molecule is Nc1c(C(=O)O)cnc2c1CCSC2. The lowest BCUT2D eigenvalue weighted by Gasteiger charge is -2.17. The van der Waals surface area contributed by atoms with E-state index < -0.39 is 5.97 Å². The summed E-state index contributed by atoms with van der Waals surface area (Å²) in [5.74, 6) is 0.817. The minimum atomic E-state index is -1.00. The topological polar surface area (TPSA) is 76.2 Å². The maximum Gasteiger partial charge on any atom is 0.339 e. The highest BCUT2D eigenvalue weighted by Crippen LogP contribution is 2.28. The Balaban J connectivity index is 2.54. The first kappa shape index (κ1) is 9.33. The zero-order chi connectivity index (χ0) is 10.1. The Bertz CT molecular complexity index is 393. The number of hydrogen-bond donors (Lipinski definition) is 2. The number of rotatable bonds is 1. The van der Waals surface area contributed by atoms with Crippen molar-refractivity contribution in [2.24, 2.45) is 0 Å². The van der Waals surface area contributed by atoms with Crippen LogP contribution in [0.3, 0.4) is 0 Å². The molecule has 0 atom stereocenters. The second-order valence-electron chi connectivity index (χ2n) is 3.12. The molecule has 74 valence electrons. The number of aromatic nitrogens is 1. The molecule has 1 aromatic heterocycles. The van der Waals surface area contributed by atoms with Crippen LogP contribution in [0.4, 0.5) is 5.69 Å². The number of aromatic carboxylic acids is 1. The molecule has 1 aliphatic rings. The van der Waals surface area contributed by atoms with E-state index in [9.17, 15) is 4.79 Å². The maximum atomic E-state index is 10.8. The van der Waals surface area contributed by atoms with Gasteiger partial charge in [-0.05, 0) is 17.7 Å². The number of fused-ring (bicyclic) bond motifs is 1. The van der Waals surface area contributed by atoms with E-state index in [2.05, 4.69) is 4.98 Å². The number of nitrogen functional groups attached to an aromatic ring is 1. The van der Waals surface area contributed by atoms with Crippen molar-refractivity contribution in [3.8, 4) is 0 Å². The molecule has 0 unspecified atom stereocenters. The molecule has 1 aliphatic heterocycles. The van der Waals surface area contributed by atoms with Gasteiger partial charge in [-0.1, -0.05) is 0 Å². The molecule has 4 nitrogen and oxygen atoms in total. The van der Waals surface area contributed by atoms with E-state index in [1.807, 2.05) is 0 Å². The van der Waals surface area contributed by atoms with Gasteiger partial charge >= 0.3 is 5.97 Å². The Hall–Kier alpha value is -1.23. The van der Waals surface area contributed by atoms with Gasteiger partial charge in [0.15, 0.2) is 0 Å². The molecule has 0 amide bonds. The summed E-state index contributed by atoms with van der Waals surface area (Å²) in [5.41, 5.74) is 8.14. The minimum absolute atomic E-state index is 0.121. The van der Waals surface area contributed by atoms with Crippen molar-refractivity contribution in [3.63, 3.8) is 0 Å². The lowest BCUT2D eigenvalue weighted by atomic mass is 10.1. The Morgan fingerprint density at radius 3 is 3.14 bits per heavy atom. The Labute approximate surface area is 85.5 Å². The van der Waals surface area contributed by atoms with E-state index in [-0.39, 0.29) is 5.56 Å².